The molecule has 1 aliphatic heterocycles. The van der Waals surface area contributed by atoms with Crippen molar-refractivity contribution >= 4 is 33.0 Å². The van der Waals surface area contributed by atoms with Gasteiger partial charge in [-0.1, -0.05) is 42.1 Å². The van der Waals surface area contributed by atoms with Crippen LogP contribution in [0.3, 0.4) is 0 Å². The number of aryl methyl sites for hydroxylation is 2. The number of nitrogens with zero attached hydrogens (tertiary/aromatic N) is 4. The highest BCUT2D eigenvalue weighted by atomic mass is 32.2. The van der Waals surface area contributed by atoms with Crippen LogP contribution in [0.5, 0.6) is 0 Å². The van der Waals surface area contributed by atoms with E-state index >= 15 is 0 Å². The maximum absolute atomic E-state index is 13.3. The second-order valence-electron chi connectivity index (χ2n) is 8.28. The standard InChI is InChI=1S/C23H28N4O3S2/c1-5-26(19-11-12-32(29,30)14-19)22(28)17(4)31-23-24-20(18-9-7-6-8-10-18)21-15(2)13-16(3)25-27(21)23/h6-10,13,17,19H,5,11-12,14H2,1-4H3/t17-,19-/m0/s1. The van der Waals surface area contributed by atoms with Gasteiger partial charge in [0.15, 0.2) is 15.0 Å². The summed E-state index contributed by atoms with van der Waals surface area (Å²) in [6.07, 6.45) is 0.504. The smallest absolute Gasteiger partial charge is 0.236 e. The zero-order chi connectivity index (χ0) is 23.0. The van der Waals surface area contributed by atoms with Crippen molar-refractivity contribution in [3.8, 4) is 11.3 Å². The number of hydrogen-bond donors (Lipinski definition) is 0. The molecule has 0 radical (unpaired) electrons. The van der Waals surface area contributed by atoms with Gasteiger partial charge in [0, 0.05) is 18.2 Å². The molecule has 2 aromatic heterocycles. The zero-order valence-corrected chi connectivity index (χ0v) is 20.4. The molecular weight excluding hydrogens is 444 g/mol. The molecule has 1 aromatic carbocycles. The van der Waals surface area contributed by atoms with Crippen molar-refractivity contribution in [1.82, 2.24) is 19.5 Å². The Bertz CT molecular complexity index is 1260. The third-order valence-corrected chi connectivity index (χ3v) is 8.61. The lowest BCUT2D eigenvalue weighted by atomic mass is 10.1. The van der Waals surface area contributed by atoms with E-state index in [4.69, 9.17) is 4.98 Å². The van der Waals surface area contributed by atoms with Crippen LogP contribution in [0.1, 0.15) is 31.5 Å². The Hall–Kier alpha value is -2.39. The first-order valence-corrected chi connectivity index (χ1v) is 13.5. The average molecular weight is 473 g/mol. The molecule has 0 saturated carbocycles. The SMILES string of the molecule is CCN(C(=O)[C@H](C)Sc1nc(-c2ccccc2)c2c(C)cc(C)nn12)[C@H]1CCS(=O)(=O)C1. The minimum atomic E-state index is -3.06. The number of carbonyl (C=O) groups excluding carboxylic acids is 1. The highest BCUT2D eigenvalue weighted by molar-refractivity contribution is 8.00. The van der Waals surface area contributed by atoms with Gasteiger partial charge in [0.2, 0.25) is 5.91 Å². The maximum Gasteiger partial charge on any atom is 0.236 e. The van der Waals surface area contributed by atoms with Gasteiger partial charge < -0.3 is 4.90 Å². The molecule has 170 valence electrons. The first-order chi connectivity index (χ1) is 15.2. The lowest BCUT2D eigenvalue weighted by Gasteiger charge is -2.29. The summed E-state index contributed by atoms with van der Waals surface area (Å²) in [4.78, 5) is 19.9. The Balaban J connectivity index is 1.67. The van der Waals surface area contributed by atoms with E-state index in [1.807, 2.05) is 68.6 Å². The summed E-state index contributed by atoms with van der Waals surface area (Å²) in [5.74, 6) is 0.132. The minimum absolute atomic E-state index is 0.0500. The van der Waals surface area contributed by atoms with Crippen molar-refractivity contribution in [3.05, 3.63) is 47.7 Å². The molecule has 32 heavy (non-hydrogen) atoms. The van der Waals surface area contributed by atoms with E-state index in [9.17, 15) is 13.2 Å². The monoisotopic (exact) mass is 472 g/mol. The van der Waals surface area contributed by atoms with Crippen molar-refractivity contribution < 1.29 is 13.2 Å². The summed E-state index contributed by atoms with van der Waals surface area (Å²) in [5, 5.41) is 4.92. The fraction of sp³-hybridized carbons (Fsp3) is 0.435. The van der Waals surface area contributed by atoms with Gasteiger partial charge in [-0.15, -0.1) is 0 Å². The van der Waals surface area contributed by atoms with Crippen LogP contribution in [-0.2, 0) is 14.6 Å². The van der Waals surface area contributed by atoms with E-state index in [1.54, 1.807) is 4.90 Å². The van der Waals surface area contributed by atoms with Gasteiger partial charge in [-0.2, -0.15) is 5.10 Å². The number of imidazole rings is 1. The summed E-state index contributed by atoms with van der Waals surface area (Å²) in [6, 6.07) is 11.7. The normalized spacial score (nSPS) is 18.7. The Morgan fingerprint density at radius 1 is 1.28 bits per heavy atom. The minimum Gasteiger partial charge on any atom is -0.338 e. The quantitative estimate of drug-likeness (QED) is 0.510. The summed E-state index contributed by atoms with van der Waals surface area (Å²) >= 11 is 1.37. The molecule has 0 spiro atoms. The van der Waals surface area contributed by atoms with E-state index in [0.717, 1.165) is 28.0 Å². The number of sulfone groups is 1. The van der Waals surface area contributed by atoms with Gasteiger partial charge in [0.25, 0.3) is 0 Å². The number of fused-ring (bicyclic) bond motifs is 1. The van der Waals surface area contributed by atoms with E-state index in [0.29, 0.717) is 18.1 Å². The van der Waals surface area contributed by atoms with E-state index < -0.39 is 15.1 Å². The molecule has 0 bridgehead atoms. The largest absolute Gasteiger partial charge is 0.338 e. The molecular formula is C23H28N4O3S2. The summed E-state index contributed by atoms with van der Waals surface area (Å²) in [7, 11) is -3.06. The van der Waals surface area contributed by atoms with E-state index in [2.05, 4.69) is 5.10 Å². The third kappa shape index (κ3) is 4.41. The molecule has 0 aliphatic carbocycles. The Morgan fingerprint density at radius 3 is 2.62 bits per heavy atom. The van der Waals surface area contributed by atoms with Crippen LogP contribution in [0.4, 0.5) is 0 Å². The van der Waals surface area contributed by atoms with Crippen LogP contribution in [0.15, 0.2) is 41.6 Å². The Morgan fingerprint density at radius 2 is 2.00 bits per heavy atom. The topological polar surface area (TPSA) is 84.6 Å². The number of thioether (sulfide) groups is 1. The predicted molar refractivity (Wildman–Crippen MR) is 128 cm³/mol. The maximum atomic E-state index is 13.3. The number of aromatic nitrogens is 3. The van der Waals surface area contributed by atoms with E-state index in [1.165, 1.54) is 11.8 Å². The number of benzene rings is 1. The molecule has 3 aromatic rings. The molecule has 7 nitrogen and oxygen atoms in total. The number of carbonyl (C=O) groups is 1. The molecule has 1 saturated heterocycles. The molecule has 1 amide bonds. The summed E-state index contributed by atoms with van der Waals surface area (Å²) in [6.45, 7) is 8.22. The number of amides is 1. The van der Waals surface area contributed by atoms with Crippen LogP contribution in [0.25, 0.3) is 16.8 Å². The van der Waals surface area contributed by atoms with Crippen LogP contribution < -0.4 is 0 Å². The second-order valence-corrected chi connectivity index (χ2v) is 11.8. The zero-order valence-electron chi connectivity index (χ0n) is 18.8. The molecule has 3 heterocycles. The lowest BCUT2D eigenvalue weighted by molar-refractivity contribution is -0.131. The molecule has 0 N–H and O–H groups in total. The number of rotatable bonds is 6. The fourth-order valence-electron chi connectivity index (χ4n) is 4.34. The molecule has 9 heteroatoms. The van der Waals surface area contributed by atoms with Gasteiger partial charge in [-0.3, -0.25) is 4.79 Å². The number of hydrogen-bond acceptors (Lipinski definition) is 6. The van der Waals surface area contributed by atoms with Crippen molar-refractivity contribution in [1.29, 1.82) is 0 Å². The first-order valence-electron chi connectivity index (χ1n) is 10.8. The van der Waals surface area contributed by atoms with E-state index in [-0.39, 0.29) is 23.5 Å². The predicted octanol–water partition coefficient (Wildman–Crippen LogP) is 3.53. The van der Waals surface area contributed by atoms with Crippen LogP contribution in [-0.4, -0.2) is 63.2 Å². The highest BCUT2D eigenvalue weighted by Crippen LogP contribution is 2.33. The van der Waals surface area contributed by atoms with Crippen molar-refractivity contribution in [2.45, 2.75) is 50.6 Å². The fourth-order valence-corrected chi connectivity index (χ4v) is 7.00. The Labute approximate surface area is 193 Å². The summed E-state index contributed by atoms with van der Waals surface area (Å²) < 4.78 is 25.7. The third-order valence-electron chi connectivity index (χ3n) is 5.83. The Kier molecular flexibility index (Phi) is 6.31. The second kappa shape index (κ2) is 8.86. The molecule has 0 unspecified atom stereocenters. The molecule has 1 aliphatic rings. The van der Waals surface area contributed by atoms with Crippen molar-refractivity contribution in [3.63, 3.8) is 0 Å². The highest BCUT2D eigenvalue weighted by Gasteiger charge is 2.36. The molecule has 1 fully saturated rings. The van der Waals surface area contributed by atoms with Crippen LogP contribution >= 0.6 is 11.8 Å². The van der Waals surface area contributed by atoms with Gasteiger partial charge in [0.05, 0.1) is 33.7 Å². The van der Waals surface area contributed by atoms with Gasteiger partial charge >= 0.3 is 0 Å². The lowest BCUT2D eigenvalue weighted by Crippen LogP contribution is -2.44. The summed E-state index contributed by atoms with van der Waals surface area (Å²) in [5.41, 5.74) is 4.71. The average Bonchev–Trinajstić information content (AvgIpc) is 3.29. The van der Waals surface area contributed by atoms with Crippen molar-refractivity contribution in [2.24, 2.45) is 0 Å². The van der Waals surface area contributed by atoms with Gasteiger partial charge in [-0.05, 0) is 45.7 Å². The van der Waals surface area contributed by atoms with Gasteiger partial charge in [0.1, 0.15) is 0 Å². The molecule has 4 rings (SSSR count). The van der Waals surface area contributed by atoms with Crippen LogP contribution in [0, 0.1) is 13.8 Å². The van der Waals surface area contributed by atoms with Crippen molar-refractivity contribution in [2.75, 3.05) is 18.1 Å². The van der Waals surface area contributed by atoms with Crippen LogP contribution in [0.2, 0.25) is 0 Å². The first kappa shape index (κ1) is 22.8. The molecule has 2 atom stereocenters. The van der Waals surface area contributed by atoms with Gasteiger partial charge in [-0.25, -0.2) is 17.9 Å².